The molecule has 0 spiro atoms. The maximum absolute atomic E-state index is 11.4. The van der Waals surface area contributed by atoms with Crippen molar-refractivity contribution in [2.24, 2.45) is 0 Å². The van der Waals surface area contributed by atoms with E-state index in [9.17, 15) is 9.59 Å². The van der Waals surface area contributed by atoms with Gasteiger partial charge in [0.25, 0.3) is 12.4 Å². The highest BCUT2D eigenvalue weighted by Crippen LogP contribution is 2.07. The van der Waals surface area contributed by atoms with E-state index in [1.807, 2.05) is 0 Å². The molecule has 1 aliphatic heterocycles. The van der Waals surface area contributed by atoms with Crippen LogP contribution in [0.3, 0.4) is 0 Å². The van der Waals surface area contributed by atoms with Gasteiger partial charge in [0.15, 0.2) is 6.10 Å². The van der Waals surface area contributed by atoms with Gasteiger partial charge in [-0.15, -0.1) is 0 Å². The minimum atomic E-state index is -0.696. The Balaban J connectivity index is 2.09. The molecule has 0 aromatic rings. The summed E-state index contributed by atoms with van der Waals surface area (Å²) in [7, 11) is 0. The monoisotopic (exact) mass is 228 g/mol. The second-order valence-electron chi connectivity index (χ2n) is 4.07. The van der Waals surface area contributed by atoms with E-state index in [2.05, 4.69) is 15.0 Å². The fraction of sp³-hybridized carbons (Fsp3) is 0.818. The molecule has 1 aliphatic rings. The Bertz CT molecular complexity index is 227. The molecular formula is C11H20N2O3. The maximum atomic E-state index is 11.4. The molecule has 1 amide bonds. The molecule has 0 radical (unpaired) electrons. The number of amides is 1. The zero-order chi connectivity index (χ0) is 11.8. The third-order valence-corrected chi connectivity index (χ3v) is 2.80. The number of rotatable bonds is 6. The van der Waals surface area contributed by atoms with Gasteiger partial charge >= 0.3 is 0 Å². The smallest absolute Gasteiger partial charge is 0.293 e. The van der Waals surface area contributed by atoms with Crippen LogP contribution in [0.4, 0.5) is 0 Å². The first-order chi connectivity index (χ1) is 7.74. The summed E-state index contributed by atoms with van der Waals surface area (Å²) in [4.78, 5) is 23.7. The van der Waals surface area contributed by atoms with Gasteiger partial charge in [0.05, 0.1) is 0 Å². The van der Waals surface area contributed by atoms with Crippen LogP contribution in [0.15, 0.2) is 0 Å². The number of nitrogens with one attached hydrogen (secondary N) is 1. The van der Waals surface area contributed by atoms with Crippen molar-refractivity contribution in [3.8, 4) is 0 Å². The molecule has 92 valence electrons. The van der Waals surface area contributed by atoms with Gasteiger partial charge in [-0.2, -0.15) is 0 Å². The van der Waals surface area contributed by atoms with Gasteiger partial charge in [0, 0.05) is 13.1 Å². The summed E-state index contributed by atoms with van der Waals surface area (Å²) < 4.78 is 4.54. The van der Waals surface area contributed by atoms with Gasteiger partial charge in [-0.3, -0.25) is 9.59 Å². The lowest BCUT2D eigenvalue weighted by Gasteiger charge is -2.26. The van der Waals surface area contributed by atoms with Crippen molar-refractivity contribution in [1.29, 1.82) is 0 Å². The molecule has 1 saturated heterocycles. The second-order valence-corrected chi connectivity index (χ2v) is 4.07. The summed E-state index contributed by atoms with van der Waals surface area (Å²) >= 11 is 0. The molecule has 5 heteroatoms. The van der Waals surface area contributed by atoms with Crippen molar-refractivity contribution in [2.45, 2.75) is 32.3 Å². The number of hydrogen-bond acceptors (Lipinski definition) is 4. The van der Waals surface area contributed by atoms with Crippen LogP contribution in [-0.2, 0) is 14.3 Å². The summed E-state index contributed by atoms with van der Waals surface area (Å²) in [6.07, 6.45) is 3.11. The number of carbonyl (C=O) groups excluding carboxylic acids is 2. The first-order valence-corrected chi connectivity index (χ1v) is 5.83. The third kappa shape index (κ3) is 4.61. The zero-order valence-electron chi connectivity index (χ0n) is 9.78. The normalized spacial score (nSPS) is 18.8. The molecule has 0 aromatic heterocycles. The van der Waals surface area contributed by atoms with Crippen LogP contribution in [0.2, 0.25) is 0 Å². The SMILES string of the molecule is CC(OC=O)C(=O)NCCN1CCCCC1. The fourth-order valence-corrected chi connectivity index (χ4v) is 1.81. The van der Waals surface area contributed by atoms with E-state index in [-0.39, 0.29) is 5.91 Å². The summed E-state index contributed by atoms with van der Waals surface area (Å²) in [5.41, 5.74) is 0. The number of likely N-dealkylation sites (tertiary alicyclic amines) is 1. The average Bonchev–Trinajstić information content (AvgIpc) is 2.30. The molecular weight excluding hydrogens is 208 g/mol. The van der Waals surface area contributed by atoms with E-state index >= 15 is 0 Å². The number of carbonyl (C=O) groups is 2. The van der Waals surface area contributed by atoms with E-state index in [0.717, 1.165) is 19.6 Å². The van der Waals surface area contributed by atoms with E-state index in [4.69, 9.17) is 0 Å². The second kappa shape index (κ2) is 7.22. The highest BCUT2D eigenvalue weighted by atomic mass is 16.5. The third-order valence-electron chi connectivity index (χ3n) is 2.80. The Morgan fingerprint density at radius 3 is 2.75 bits per heavy atom. The summed E-state index contributed by atoms with van der Waals surface area (Å²) in [6, 6.07) is 0. The van der Waals surface area contributed by atoms with Crippen molar-refractivity contribution in [3.63, 3.8) is 0 Å². The molecule has 1 rings (SSSR count). The molecule has 1 heterocycles. The van der Waals surface area contributed by atoms with Crippen molar-refractivity contribution in [3.05, 3.63) is 0 Å². The highest BCUT2D eigenvalue weighted by molar-refractivity contribution is 5.81. The number of piperidine rings is 1. The zero-order valence-corrected chi connectivity index (χ0v) is 9.78. The van der Waals surface area contributed by atoms with E-state index in [1.165, 1.54) is 19.3 Å². The number of ether oxygens (including phenoxy) is 1. The van der Waals surface area contributed by atoms with E-state index in [1.54, 1.807) is 6.92 Å². The first-order valence-electron chi connectivity index (χ1n) is 5.83. The highest BCUT2D eigenvalue weighted by Gasteiger charge is 2.14. The lowest BCUT2D eigenvalue weighted by Crippen LogP contribution is -2.41. The summed E-state index contributed by atoms with van der Waals surface area (Å²) in [6.45, 7) is 5.59. The Kier molecular flexibility index (Phi) is 5.85. The van der Waals surface area contributed by atoms with Gasteiger partial charge in [0.2, 0.25) is 0 Å². The van der Waals surface area contributed by atoms with E-state index < -0.39 is 6.10 Å². The molecule has 0 aliphatic carbocycles. The van der Waals surface area contributed by atoms with E-state index in [0.29, 0.717) is 13.0 Å². The van der Waals surface area contributed by atoms with Crippen LogP contribution in [0.5, 0.6) is 0 Å². The van der Waals surface area contributed by atoms with Crippen LogP contribution in [0.25, 0.3) is 0 Å². The van der Waals surface area contributed by atoms with Crippen molar-refractivity contribution < 1.29 is 14.3 Å². The van der Waals surface area contributed by atoms with Crippen molar-refractivity contribution >= 4 is 12.4 Å². The van der Waals surface area contributed by atoms with Gasteiger partial charge < -0.3 is 15.0 Å². The van der Waals surface area contributed by atoms with Gasteiger partial charge in [-0.05, 0) is 32.9 Å². The predicted octanol–water partition coefficient (Wildman–Crippen LogP) is 0.150. The molecule has 16 heavy (non-hydrogen) atoms. The predicted molar refractivity (Wildman–Crippen MR) is 59.9 cm³/mol. The largest absolute Gasteiger partial charge is 0.455 e. The Morgan fingerprint density at radius 2 is 2.12 bits per heavy atom. The van der Waals surface area contributed by atoms with Crippen molar-refractivity contribution in [2.75, 3.05) is 26.2 Å². The Hall–Kier alpha value is -1.10. The molecule has 1 atom stereocenters. The molecule has 1 N–H and O–H groups in total. The van der Waals surface area contributed by atoms with Gasteiger partial charge in [-0.1, -0.05) is 6.42 Å². The molecule has 1 unspecified atom stereocenters. The van der Waals surface area contributed by atoms with Crippen LogP contribution >= 0.6 is 0 Å². The minimum Gasteiger partial charge on any atom is -0.455 e. The number of hydrogen-bond donors (Lipinski definition) is 1. The first kappa shape index (κ1) is 13.0. The summed E-state index contributed by atoms with van der Waals surface area (Å²) in [5, 5.41) is 2.75. The van der Waals surface area contributed by atoms with Gasteiger partial charge in [0.1, 0.15) is 0 Å². The maximum Gasteiger partial charge on any atom is 0.293 e. The van der Waals surface area contributed by atoms with Gasteiger partial charge in [-0.25, -0.2) is 0 Å². The standard InChI is InChI=1S/C11H20N2O3/c1-10(16-9-14)11(15)12-5-8-13-6-3-2-4-7-13/h9-10H,2-8H2,1H3,(H,12,15). The van der Waals surface area contributed by atoms with Crippen molar-refractivity contribution in [1.82, 2.24) is 10.2 Å². The Labute approximate surface area is 96.1 Å². The molecule has 0 aromatic carbocycles. The van der Waals surface area contributed by atoms with Crippen LogP contribution in [0.1, 0.15) is 26.2 Å². The van der Waals surface area contributed by atoms with Crippen LogP contribution < -0.4 is 5.32 Å². The van der Waals surface area contributed by atoms with Crippen LogP contribution in [0, 0.1) is 0 Å². The molecule has 0 bridgehead atoms. The fourth-order valence-electron chi connectivity index (χ4n) is 1.81. The number of nitrogens with zero attached hydrogens (tertiary/aromatic N) is 1. The summed E-state index contributed by atoms with van der Waals surface area (Å²) in [5.74, 6) is -0.232. The molecule has 5 nitrogen and oxygen atoms in total. The lowest BCUT2D eigenvalue weighted by atomic mass is 10.1. The quantitative estimate of drug-likeness (QED) is 0.657. The molecule has 1 fully saturated rings. The lowest BCUT2D eigenvalue weighted by molar-refractivity contribution is -0.143. The van der Waals surface area contributed by atoms with Crippen LogP contribution in [-0.4, -0.2) is 49.6 Å². The topological polar surface area (TPSA) is 58.6 Å². The molecule has 0 saturated carbocycles. The average molecular weight is 228 g/mol. The minimum absolute atomic E-state index is 0.232. The Morgan fingerprint density at radius 1 is 1.44 bits per heavy atom.